The van der Waals surface area contributed by atoms with Crippen molar-refractivity contribution in [2.24, 2.45) is 5.92 Å². The summed E-state index contributed by atoms with van der Waals surface area (Å²) < 4.78 is 5.41. The summed E-state index contributed by atoms with van der Waals surface area (Å²) in [5, 5.41) is 7.79. The van der Waals surface area contributed by atoms with Gasteiger partial charge in [0.25, 0.3) is 0 Å². The van der Waals surface area contributed by atoms with Crippen molar-refractivity contribution in [1.29, 1.82) is 0 Å². The van der Waals surface area contributed by atoms with Gasteiger partial charge < -0.3 is 9.84 Å². The van der Waals surface area contributed by atoms with Crippen LogP contribution in [0, 0.1) is 5.92 Å². The molecule has 0 saturated carbocycles. The lowest BCUT2D eigenvalue weighted by atomic mass is 9.96. The molecule has 2 heterocycles. The van der Waals surface area contributed by atoms with Gasteiger partial charge in [-0.3, -0.25) is 9.69 Å². The van der Waals surface area contributed by atoms with E-state index in [9.17, 15) is 4.79 Å². The summed E-state index contributed by atoms with van der Waals surface area (Å²) in [6.07, 6.45) is 3.63. The third-order valence-corrected chi connectivity index (χ3v) is 6.26. The molecule has 1 amide bonds. The molecule has 0 atom stereocenters. The minimum Gasteiger partial charge on any atom is -0.338 e. The number of hydrogen-bond acceptors (Lipinski definition) is 6. The van der Waals surface area contributed by atoms with Gasteiger partial charge in [-0.2, -0.15) is 4.98 Å². The van der Waals surface area contributed by atoms with E-state index in [4.69, 9.17) is 16.1 Å². The molecule has 2 aromatic carbocycles. The van der Waals surface area contributed by atoms with Crippen molar-refractivity contribution in [3.05, 3.63) is 59.4 Å². The third-order valence-electron chi connectivity index (χ3n) is 5.23. The highest BCUT2D eigenvalue weighted by atomic mass is 35.5. The monoisotopic (exact) mass is 442 g/mol. The molecule has 8 heteroatoms. The van der Waals surface area contributed by atoms with Crippen molar-refractivity contribution in [3.8, 4) is 11.4 Å². The Morgan fingerprint density at radius 1 is 1.23 bits per heavy atom. The SMILES string of the molecule is CSc1ccccc1NC(=O)C1CCN(Cc2nc(-c3cccc(Cl)c3)no2)CC1. The van der Waals surface area contributed by atoms with Crippen LogP contribution in [-0.4, -0.2) is 40.3 Å². The minimum atomic E-state index is 0.0147. The van der Waals surface area contributed by atoms with E-state index in [2.05, 4.69) is 20.4 Å². The van der Waals surface area contributed by atoms with Crippen molar-refractivity contribution in [1.82, 2.24) is 15.0 Å². The molecule has 1 aliphatic heterocycles. The summed E-state index contributed by atoms with van der Waals surface area (Å²) >= 11 is 7.67. The van der Waals surface area contributed by atoms with Crippen molar-refractivity contribution in [2.75, 3.05) is 24.7 Å². The van der Waals surface area contributed by atoms with E-state index < -0.39 is 0 Å². The molecule has 156 valence electrons. The number of halogens is 1. The van der Waals surface area contributed by atoms with Crippen LogP contribution >= 0.6 is 23.4 Å². The number of anilines is 1. The number of para-hydroxylation sites is 1. The molecule has 0 unspecified atom stereocenters. The normalized spacial score (nSPS) is 15.3. The summed E-state index contributed by atoms with van der Waals surface area (Å²) in [7, 11) is 0. The van der Waals surface area contributed by atoms with E-state index in [0.717, 1.165) is 42.1 Å². The Balaban J connectivity index is 1.30. The first-order valence-corrected chi connectivity index (χ1v) is 11.5. The maximum absolute atomic E-state index is 12.7. The first-order chi connectivity index (χ1) is 14.6. The van der Waals surface area contributed by atoms with E-state index in [-0.39, 0.29) is 11.8 Å². The summed E-state index contributed by atoms with van der Waals surface area (Å²) in [4.78, 5) is 20.5. The Bertz CT molecular complexity index is 1020. The van der Waals surface area contributed by atoms with Gasteiger partial charge in [0, 0.05) is 21.4 Å². The summed E-state index contributed by atoms with van der Waals surface area (Å²) in [6.45, 7) is 2.21. The number of aromatic nitrogens is 2. The van der Waals surface area contributed by atoms with E-state index in [1.165, 1.54) is 0 Å². The van der Waals surface area contributed by atoms with Gasteiger partial charge in [0.15, 0.2) is 0 Å². The van der Waals surface area contributed by atoms with Crippen molar-refractivity contribution in [2.45, 2.75) is 24.3 Å². The van der Waals surface area contributed by atoms with Crippen molar-refractivity contribution < 1.29 is 9.32 Å². The zero-order valence-electron chi connectivity index (χ0n) is 16.7. The Morgan fingerprint density at radius 3 is 2.80 bits per heavy atom. The Morgan fingerprint density at radius 2 is 2.03 bits per heavy atom. The number of likely N-dealkylation sites (tertiary alicyclic amines) is 1. The zero-order valence-corrected chi connectivity index (χ0v) is 18.2. The third kappa shape index (κ3) is 5.03. The quantitative estimate of drug-likeness (QED) is 0.544. The molecule has 30 heavy (non-hydrogen) atoms. The van der Waals surface area contributed by atoms with Gasteiger partial charge in [-0.25, -0.2) is 0 Å². The lowest BCUT2D eigenvalue weighted by molar-refractivity contribution is -0.121. The maximum atomic E-state index is 12.7. The van der Waals surface area contributed by atoms with Crippen LogP contribution in [0.5, 0.6) is 0 Å². The van der Waals surface area contributed by atoms with Gasteiger partial charge in [0.2, 0.25) is 17.6 Å². The largest absolute Gasteiger partial charge is 0.338 e. The van der Waals surface area contributed by atoms with Gasteiger partial charge in [-0.05, 0) is 56.5 Å². The van der Waals surface area contributed by atoms with E-state index >= 15 is 0 Å². The van der Waals surface area contributed by atoms with Crippen LogP contribution in [0.3, 0.4) is 0 Å². The number of nitrogens with zero attached hydrogens (tertiary/aromatic N) is 3. The highest BCUT2D eigenvalue weighted by Gasteiger charge is 2.26. The van der Waals surface area contributed by atoms with Gasteiger partial charge in [0.05, 0.1) is 12.2 Å². The lowest BCUT2D eigenvalue weighted by Gasteiger charge is -2.30. The van der Waals surface area contributed by atoms with Crippen LogP contribution < -0.4 is 5.32 Å². The second-order valence-electron chi connectivity index (χ2n) is 7.26. The number of benzene rings is 2. The van der Waals surface area contributed by atoms with Crippen LogP contribution in [0.2, 0.25) is 5.02 Å². The molecule has 1 aliphatic rings. The summed E-state index contributed by atoms with van der Waals surface area (Å²) in [5.74, 6) is 1.22. The molecule has 4 rings (SSSR count). The molecule has 1 fully saturated rings. The Labute approximate surface area is 185 Å². The van der Waals surface area contributed by atoms with Crippen molar-refractivity contribution in [3.63, 3.8) is 0 Å². The fraction of sp³-hybridized carbons (Fsp3) is 0.318. The number of carbonyl (C=O) groups is 1. The molecular weight excluding hydrogens is 420 g/mol. The lowest BCUT2D eigenvalue weighted by Crippen LogP contribution is -2.37. The van der Waals surface area contributed by atoms with E-state index in [1.807, 2.05) is 54.8 Å². The minimum absolute atomic E-state index is 0.0147. The van der Waals surface area contributed by atoms with Gasteiger partial charge in [-0.1, -0.05) is 41.0 Å². The molecule has 0 spiro atoms. The van der Waals surface area contributed by atoms with Gasteiger partial charge >= 0.3 is 0 Å². The van der Waals surface area contributed by atoms with Crippen LogP contribution in [0.15, 0.2) is 57.9 Å². The maximum Gasteiger partial charge on any atom is 0.241 e. The second kappa shape index (κ2) is 9.64. The average molecular weight is 443 g/mol. The van der Waals surface area contributed by atoms with Crippen LogP contribution in [0.4, 0.5) is 5.69 Å². The fourth-order valence-corrected chi connectivity index (χ4v) is 4.34. The summed E-state index contributed by atoms with van der Waals surface area (Å²) in [5.41, 5.74) is 1.72. The number of nitrogens with one attached hydrogen (secondary N) is 1. The molecule has 6 nitrogen and oxygen atoms in total. The highest BCUT2D eigenvalue weighted by Crippen LogP contribution is 2.27. The topological polar surface area (TPSA) is 71.3 Å². The number of rotatable bonds is 6. The number of thioether (sulfide) groups is 1. The first-order valence-electron chi connectivity index (χ1n) is 9.87. The molecular formula is C22H23ClN4O2S. The molecule has 1 aromatic heterocycles. The molecule has 1 saturated heterocycles. The molecule has 0 aliphatic carbocycles. The van der Waals surface area contributed by atoms with Gasteiger partial charge in [-0.15, -0.1) is 11.8 Å². The standard InChI is InChI=1S/C22H23ClN4O2S/c1-30-19-8-3-2-7-18(19)24-22(28)15-9-11-27(12-10-15)14-20-25-21(26-29-20)16-5-4-6-17(23)13-16/h2-8,13,15H,9-12,14H2,1H3,(H,24,28). The zero-order chi connectivity index (χ0) is 20.9. The predicted octanol–water partition coefficient (Wildman–Crippen LogP) is 4.96. The van der Waals surface area contributed by atoms with E-state index in [0.29, 0.717) is 23.3 Å². The second-order valence-corrected chi connectivity index (χ2v) is 8.55. The van der Waals surface area contributed by atoms with E-state index in [1.54, 1.807) is 11.8 Å². The number of carbonyl (C=O) groups excluding carboxylic acids is 1. The average Bonchev–Trinajstić information content (AvgIpc) is 3.23. The smallest absolute Gasteiger partial charge is 0.241 e. The number of hydrogen-bond donors (Lipinski definition) is 1. The highest BCUT2D eigenvalue weighted by molar-refractivity contribution is 7.98. The Kier molecular flexibility index (Phi) is 6.72. The first kappa shape index (κ1) is 20.9. The molecule has 0 bridgehead atoms. The predicted molar refractivity (Wildman–Crippen MR) is 120 cm³/mol. The molecule has 0 radical (unpaired) electrons. The summed E-state index contributed by atoms with van der Waals surface area (Å²) in [6, 6.07) is 15.3. The van der Waals surface area contributed by atoms with Crippen LogP contribution in [0.1, 0.15) is 18.7 Å². The van der Waals surface area contributed by atoms with Crippen molar-refractivity contribution >= 4 is 35.0 Å². The number of amides is 1. The van der Waals surface area contributed by atoms with Gasteiger partial charge in [0.1, 0.15) is 0 Å². The Hall–Kier alpha value is -2.35. The molecule has 1 N–H and O–H groups in total. The van der Waals surface area contributed by atoms with Crippen LogP contribution in [0.25, 0.3) is 11.4 Å². The number of piperidine rings is 1. The molecule has 3 aromatic rings. The van der Waals surface area contributed by atoms with Crippen LogP contribution in [-0.2, 0) is 11.3 Å². The fourth-order valence-electron chi connectivity index (χ4n) is 3.59.